The molecule has 0 spiro atoms. The Bertz CT molecular complexity index is 451. The molecule has 2 aromatic rings. The number of hydrogen-bond donors (Lipinski definition) is 0. The van der Waals surface area contributed by atoms with Crippen LogP contribution in [0.25, 0.3) is 0 Å². The minimum Gasteiger partial charge on any atom is -0.0885 e. The van der Waals surface area contributed by atoms with Gasteiger partial charge in [-0.1, -0.05) is 47.6 Å². The van der Waals surface area contributed by atoms with Crippen LogP contribution in [0.1, 0.15) is 5.56 Å². The largest absolute Gasteiger partial charge is 0.0885 e. The van der Waals surface area contributed by atoms with Crippen LogP contribution < -0.4 is 0 Å². The second-order valence-corrected chi connectivity index (χ2v) is 4.87. The topological polar surface area (TPSA) is 0 Å². The first-order valence-corrected chi connectivity index (χ1v) is 5.94. The van der Waals surface area contributed by atoms with Crippen molar-refractivity contribution in [1.29, 1.82) is 0 Å². The molecule has 76 valence electrons. The van der Waals surface area contributed by atoms with Crippen molar-refractivity contribution in [2.45, 2.75) is 16.7 Å². The summed E-state index contributed by atoms with van der Waals surface area (Å²) in [6, 6.07) is 16.4. The Labute approximate surface area is 99.3 Å². The highest BCUT2D eigenvalue weighted by Gasteiger charge is 2.01. The lowest BCUT2D eigenvalue weighted by atomic mass is 10.2. The van der Waals surface area contributed by atoms with Crippen LogP contribution in [0.3, 0.4) is 0 Å². The van der Waals surface area contributed by atoms with E-state index in [0.29, 0.717) is 0 Å². The van der Waals surface area contributed by atoms with Gasteiger partial charge >= 0.3 is 0 Å². The van der Waals surface area contributed by atoms with Gasteiger partial charge in [-0.3, -0.25) is 0 Å². The molecule has 0 aliphatic carbocycles. The predicted molar refractivity (Wildman–Crippen MR) is 66.8 cm³/mol. The lowest BCUT2D eigenvalue weighted by Gasteiger charge is -2.04. The second-order valence-electron chi connectivity index (χ2n) is 3.35. The van der Waals surface area contributed by atoms with Crippen LogP contribution in [0.2, 0.25) is 5.02 Å². The van der Waals surface area contributed by atoms with Crippen LogP contribution in [0.15, 0.2) is 58.3 Å². The minimum atomic E-state index is 0.823. The van der Waals surface area contributed by atoms with Gasteiger partial charge in [-0.05, 0) is 36.8 Å². The fourth-order valence-electron chi connectivity index (χ4n) is 1.30. The van der Waals surface area contributed by atoms with Crippen molar-refractivity contribution in [3.05, 3.63) is 59.1 Å². The maximum Gasteiger partial charge on any atom is 0.0548 e. The predicted octanol–water partition coefficient (Wildman–Crippen LogP) is 4.80. The van der Waals surface area contributed by atoms with Gasteiger partial charge in [-0.25, -0.2) is 0 Å². The van der Waals surface area contributed by atoms with E-state index in [1.807, 2.05) is 31.2 Å². The van der Waals surface area contributed by atoms with Gasteiger partial charge in [0.2, 0.25) is 0 Å². The zero-order valence-electron chi connectivity index (χ0n) is 8.41. The van der Waals surface area contributed by atoms with Crippen LogP contribution in [0.5, 0.6) is 0 Å². The third-order valence-corrected chi connectivity index (χ3v) is 3.57. The standard InChI is InChI=1S/C13H11ClS/c1-10-7-8-13(12(14)9-10)15-11-5-3-2-4-6-11/h2-9H,1H3. The summed E-state index contributed by atoms with van der Waals surface area (Å²) >= 11 is 7.85. The molecule has 0 aliphatic rings. The molecule has 0 atom stereocenters. The lowest BCUT2D eigenvalue weighted by molar-refractivity contribution is 1.36. The SMILES string of the molecule is Cc1ccc(Sc2ccccc2)c(Cl)c1. The summed E-state index contributed by atoms with van der Waals surface area (Å²) in [7, 11) is 0. The quantitative estimate of drug-likeness (QED) is 0.719. The average molecular weight is 235 g/mol. The van der Waals surface area contributed by atoms with E-state index in [2.05, 4.69) is 24.3 Å². The fraction of sp³-hybridized carbons (Fsp3) is 0.0769. The first-order valence-electron chi connectivity index (χ1n) is 4.75. The summed E-state index contributed by atoms with van der Waals surface area (Å²) < 4.78 is 0. The Hall–Kier alpha value is -0.920. The molecule has 2 aromatic carbocycles. The van der Waals surface area contributed by atoms with E-state index in [1.54, 1.807) is 11.8 Å². The minimum absolute atomic E-state index is 0.823. The van der Waals surface area contributed by atoms with Crippen molar-refractivity contribution in [3.8, 4) is 0 Å². The van der Waals surface area contributed by atoms with E-state index >= 15 is 0 Å². The van der Waals surface area contributed by atoms with Crippen LogP contribution >= 0.6 is 23.4 Å². The third-order valence-electron chi connectivity index (χ3n) is 2.06. The molecule has 0 radical (unpaired) electrons. The molecule has 0 bridgehead atoms. The number of aryl methyl sites for hydroxylation is 1. The summed E-state index contributed by atoms with van der Waals surface area (Å²) in [6.45, 7) is 2.04. The molecule has 0 saturated carbocycles. The molecular weight excluding hydrogens is 224 g/mol. The Kier molecular flexibility index (Phi) is 3.34. The van der Waals surface area contributed by atoms with E-state index in [0.717, 1.165) is 9.92 Å². The number of hydrogen-bond acceptors (Lipinski definition) is 1. The molecule has 0 nitrogen and oxygen atoms in total. The molecule has 0 saturated heterocycles. The van der Waals surface area contributed by atoms with Crippen molar-refractivity contribution in [2.75, 3.05) is 0 Å². The summed E-state index contributed by atoms with van der Waals surface area (Å²) in [5, 5.41) is 0.823. The number of halogens is 1. The van der Waals surface area contributed by atoms with Gasteiger partial charge in [0.05, 0.1) is 5.02 Å². The fourth-order valence-corrected chi connectivity index (χ4v) is 2.49. The molecular formula is C13H11ClS. The zero-order chi connectivity index (χ0) is 10.7. The van der Waals surface area contributed by atoms with Crippen molar-refractivity contribution >= 4 is 23.4 Å². The summed E-state index contributed by atoms with van der Waals surface area (Å²) in [6.07, 6.45) is 0. The van der Waals surface area contributed by atoms with Crippen molar-refractivity contribution < 1.29 is 0 Å². The van der Waals surface area contributed by atoms with Crippen molar-refractivity contribution in [2.24, 2.45) is 0 Å². The maximum atomic E-state index is 6.16. The van der Waals surface area contributed by atoms with Gasteiger partial charge in [0.25, 0.3) is 0 Å². The maximum absolute atomic E-state index is 6.16. The smallest absolute Gasteiger partial charge is 0.0548 e. The molecule has 0 aromatic heterocycles. The second kappa shape index (κ2) is 4.73. The molecule has 0 aliphatic heterocycles. The molecule has 2 rings (SSSR count). The summed E-state index contributed by atoms with van der Waals surface area (Å²) in [5.74, 6) is 0. The highest BCUT2D eigenvalue weighted by molar-refractivity contribution is 7.99. The Morgan fingerprint density at radius 1 is 1.00 bits per heavy atom. The third kappa shape index (κ3) is 2.77. The van der Waals surface area contributed by atoms with E-state index in [9.17, 15) is 0 Å². The molecule has 0 unspecified atom stereocenters. The Morgan fingerprint density at radius 3 is 2.40 bits per heavy atom. The van der Waals surface area contributed by atoms with Crippen LogP contribution in [-0.4, -0.2) is 0 Å². The zero-order valence-corrected chi connectivity index (χ0v) is 9.98. The van der Waals surface area contributed by atoms with Crippen LogP contribution in [-0.2, 0) is 0 Å². The van der Waals surface area contributed by atoms with Gasteiger partial charge in [0.15, 0.2) is 0 Å². The average Bonchev–Trinajstić information content (AvgIpc) is 2.24. The molecule has 0 heterocycles. The van der Waals surface area contributed by atoms with Gasteiger partial charge in [-0.15, -0.1) is 0 Å². The van der Waals surface area contributed by atoms with Crippen LogP contribution in [0.4, 0.5) is 0 Å². The highest BCUT2D eigenvalue weighted by Crippen LogP contribution is 2.33. The van der Waals surface area contributed by atoms with Crippen LogP contribution in [0, 0.1) is 6.92 Å². The lowest BCUT2D eigenvalue weighted by Crippen LogP contribution is -1.77. The first kappa shape index (κ1) is 10.6. The van der Waals surface area contributed by atoms with E-state index in [4.69, 9.17) is 11.6 Å². The Balaban J connectivity index is 2.25. The molecule has 0 fully saturated rings. The van der Waals surface area contributed by atoms with E-state index in [-0.39, 0.29) is 0 Å². The molecule has 0 amide bonds. The van der Waals surface area contributed by atoms with Crippen molar-refractivity contribution in [3.63, 3.8) is 0 Å². The van der Waals surface area contributed by atoms with E-state index in [1.165, 1.54) is 10.5 Å². The number of rotatable bonds is 2. The number of benzene rings is 2. The van der Waals surface area contributed by atoms with Gasteiger partial charge in [0.1, 0.15) is 0 Å². The highest BCUT2D eigenvalue weighted by atomic mass is 35.5. The van der Waals surface area contributed by atoms with Crippen molar-refractivity contribution in [1.82, 2.24) is 0 Å². The first-order chi connectivity index (χ1) is 7.25. The van der Waals surface area contributed by atoms with Gasteiger partial charge < -0.3 is 0 Å². The summed E-state index contributed by atoms with van der Waals surface area (Å²) in [5.41, 5.74) is 1.19. The Morgan fingerprint density at radius 2 is 1.73 bits per heavy atom. The molecule has 2 heteroatoms. The van der Waals surface area contributed by atoms with Gasteiger partial charge in [-0.2, -0.15) is 0 Å². The molecule has 15 heavy (non-hydrogen) atoms. The normalized spacial score (nSPS) is 10.3. The molecule has 0 N–H and O–H groups in total. The summed E-state index contributed by atoms with van der Waals surface area (Å²) in [4.78, 5) is 2.32. The monoisotopic (exact) mass is 234 g/mol. The van der Waals surface area contributed by atoms with Gasteiger partial charge in [0, 0.05) is 9.79 Å². The van der Waals surface area contributed by atoms with E-state index < -0.39 is 0 Å².